The largest absolute Gasteiger partial charge is 0.305 e. The van der Waals surface area contributed by atoms with Crippen molar-refractivity contribution in [2.75, 3.05) is 0 Å². The summed E-state index contributed by atoms with van der Waals surface area (Å²) in [5, 5.41) is 3.46. The molecule has 2 heterocycles. The van der Waals surface area contributed by atoms with Gasteiger partial charge in [-0.3, -0.25) is 0 Å². The number of benzene rings is 3. The molecule has 4 heteroatoms. The summed E-state index contributed by atoms with van der Waals surface area (Å²) in [5.41, 5.74) is 3.04. The van der Waals surface area contributed by atoms with Crippen molar-refractivity contribution in [2.45, 2.75) is 0 Å². The Kier molecular flexibility index (Phi) is 8.34. The first-order chi connectivity index (χ1) is 12.9. The van der Waals surface area contributed by atoms with Gasteiger partial charge in [-0.1, -0.05) is 30.3 Å². The molecule has 0 amide bonds. The van der Waals surface area contributed by atoms with Crippen molar-refractivity contribution < 1.29 is 20.1 Å². The molecule has 0 spiro atoms. The Morgan fingerprint density at radius 1 is 0.607 bits per heavy atom. The predicted octanol–water partition coefficient (Wildman–Crippen LogP) is 5.85. The molecular formula is C24H18IrN2S-2. The zero-order chi connectivity index (χ0) is 17.6. The van der Waals surface area contributed by atoms with Gasteiger partial charge >= 0.3 is 0 Å². The second-order valence-corrected chi connectivity index (χ2v) is 5.77. The van der Waals surface area contributed by atoms with Gasteiger partial charge < -0.3 is 9.97 Å². The minimum atomic E-state index is 0. The van der Waals surface area contributed by atoms with Gasteiger partial charge in [-0.15, -0.1) is 70.9 Å². The maximum Gasteiger partial charge on any atom is 0.0161 e. The average molecular weight is 559 g/mol. The maximum absolute atomic E-state index is 4.38. The molecule has 0 fully saturated rings. The molecule has 0 aliphatic carbocycles. The first-order valence-electron chi connectivity index (χ1n) is 8.44. The third-order valence-corrected chi connectivity index (χ3v) is 4.06. The van der Waals surface area contributed by atoms with E-state index in [2.05, 4.69) is 46.4 Å². The Morgan fingerprint density at radius 2 is 1.36 bits per heavy atom. The van der Waals surface area contributed by atoms with Crippen molar-refractivity contribution in [1.82, 2.24) is 9.97 Å². The van der Waals surface area contributed by atoms with Gasteiger partial charge in [0.1, 0.15) is 0 Å². The van der Waals surface area contributed by atoms with E-state index in [0.717, 1.165) is 22.2 Å². The molecule has 3 aromatic carbocycles. The number of hydrogen-bond acceptors (Lipinski definition) is 2. The van der Waals surface area contributed by atoms with Crippen molar-refractivity contribution in [3.05, 3.63) is 109 Å². The Hall–Kier alpha value is -2.52. The molecule has 0 N–H and O–H groups in total. The molecule has 2 nitrogen and oxygen atoms in total. The first-order valence-corrected chi connectivity index (χ1v) is 8.44. The van der Waals surface area contributed by atoms with Crippen LogP contribution in [0, 0.1) is 12.1 Å². The van der Waals surface area contributed by atoms with Crippen LogP contribution < -0.4 is 0 Å². The summed E-state index contributed by atoms with van der Waals surface area (Å²) in [6.07, 6.45) is 3.61. The summed E-state index contributed by atoms with van der Waals surface area (Å²) in [5.74, 6) is 0. The fraction of sp³-hybridized carbons (Fsp3) is 0. The summed E-state index contributed by atoms with van der Waals surface area (Å²) in [6.45, 7) is 0. The second-order valence-electron chi connectivity index (χ2n) is 5.77. The van der Waals surface area contributed by atoms with E-state index in [1.165, 1.54) is 10.8 Å². The van der Waals surface area contributed by atoms with Crippen LogP contribution in [-0.4, -0.2) is 9.97 Å². The van der Waals surface area contributed by atoms with E-state index in [1.807, 2.05) is 66.9 Å². The van der Waals surface area contributed by atoms with E-state index in [9.17, 15) is 0 Å². The monoisotopic (exact) mass is 559 g/mol. The molecule has 0 bridgehead atoms. The van der Waals surface area contributed by atoms with Gasteiger partial charge in [-0.2, -0.15) is 13.5 Å². The van der Waals surface area contributed by atoms with Crippen molar-refractivity contribution in [3.63, 3.8) is 0 Å². The van der Waals surface area contributed by atoms with Crippen LogP contribution in [0.4, 0.5) is 0 Å². The number of fused-ring (bicyclic) bond motifs is 3. The van der Waals surface area contributed by atoms with Gasteiger partial charge in [0.15, 0.2) is 0 Å². The van der Waals surface area contributed by atoms with E-state index in [1.54, 1.807) is 6.20 Å². The molecule has 5 rings (SSSR count). The number of pyridine rings is 2. The van der Waals surface area contributed by atoms with Crippen LogP contribution in [0.25, 0.3) is 32.9 Å². The molecule has 5 aromatic rings. The van der Waals surface area contributed by atoms with Crippen LogP contribution >= 0.6 is 13.5 Å². The van der Waals surface area contributed by atoms with Crippen LogP contribution in [0.5, 0.6) is 0 Å². The number of rotatable bonds is 1. The number of nitrogens with zero attached hydrogens (tertiary/aromatic N) is 2. The summed E-state index contributed by atoms with van der Waals surface area (Å²) in [4.78, 5) is 8.60. The average Bonchev–Trinajstić information content (AvgIpc) is 2.75. The zero-order valence-corrected chi connectivity index (χ0v) is 18.4. The normalized spacial score (nSPS) is 9.57. The third kappa shape index (κ3) is 5.05. The van der Waals surface area contributed by atoms with E-state index < -0.39 is 0 Å². The van der Waals surface area contributed by atoms with Crippen LogP contribution in [-0.2, 0) is 20.1 Å². The molecule has 0 saturated carbocycles. The summed E-state index contributed by atoms with van der Waals surface area (Å²) < 4.78 is 0. The van der Waals surface area contributed by atoms with Gasteiger partial charge in [0.2, 0.25) is 0 Å². The predicted molar refractivity (Wildman–Crippen MR) is 117 cm³/mol. The first kappa shape index (κ1) is 21.8. The van der Waals surface area contributed by atoms with Gasteiger partial charge in [-0.25, -0.2) is 0 Å². The molecule has 2 aromatic heterocycles. The standard InChI is InChI=1S/C13H8N.C11H8N.Ir.H2S/c1-2-6-12-10(4-1)7-8-11-5-3-9-14-13(11)12;1-2-6-10(7-3-1)11-8-4-5-9-12-11;;/h1-5,7-9H;1-6,8-9H;;1H2/q2*-1;;. The Bertz CT molecular complexity index is 1040. The van der Waals surface area contributed by atoms with E-state index in [0.29, 0.717) is 0 Å². The molecule has 1 radical (unpaired) electrons. The van der Waals surface area contributed by atoms with Crippen molar-refractivity contribution >= 4 is 35.2 Å². The number of aromatic nitrogens is 2. The Labute approximate surface area is 185 Å². The van der Waals surface area contributed by atoms with Crippen molar-refractivity contribution in [2.24, 2.45) is 0 Å². The SMILES string of the molecule is S.[Ir].[c-]1cccc2ccc3cccnc3c12.[c-]1ccccc1-c1ccccn1. The van der Waals surface area contributed by atoms with Gasteiger partial charge in [0, 0.05) is 32.5 Å². The smallest absolute Gasteiger partial charge is 0.0161 e. The van der Waals surface area contributed by atoms with Crippen LogP contribution in [0.3, 0.4) is 0 Å². The zero-order valence-electron chi connectivity index (χ0n) is 15.0. The Morgan fingerprint density at radius 3 is 2.14 bits per heavy atom. The van der Waals surface area contributed by atoms with Gasteiger partial charge in [0.25, 0.3) is 0 Å². The molecule has 0 unspecified atom stereocenters. The fourth-order valence-corrected chi connectivity index (χ4v) is 2.81. The van der Waals surface area contributed by atoms with E-state index >= 15 is 0 Å². The summed E-state index contributed by atoms with van der Waals surface area (Å²) in [6, 6.07) is 34.3. The molecule has 0 aliphatic heterocycles. The second kappa shape index (κ2) is 10.7. The maximum atomic E-state index is 4.38. The quantitative estimate of drug-likeness (QED) is 0.191. The molecule has 0 saturated heterocycles. The van der Waals surface area contributed by atoms with Crippen molar-refractivity contribution in [3.8, 4) is 11.3 Å². The molecular weight excluding hydrogens is 541 g/mol. The van der Waals surface area contributed by atoms with Crippen LogP contribution in [0.1, 0.15) is 0 Å². The van der Waals surface area contributed by atoms with Gasteiger partial charge in [0.05, 0.1) is 0 Å². The Balaban J connectivity index is 0.000000189. The molecule has 0 atom stereocenters. The fourth-order valence-electron chi connectivity index (χ4n) is 2.81. The topological polar surface area (TPSA) is 25.8 Å². The molecule has 28 heavy (non-hydrogen) atoms. The third-order valence-electron chi connectivity index (χ3n) is 4.06. The molecule has 141 valence electrons. The van der Waals surface area contributed by atoms with Crippen LogP contribution in [0.2, 0.25) is 0 Å². The van der Waals surface area contributed by atoms with Crippen LogP contribution in [0.15, 0.2) is 97.3 Å². The number of hydrogen-bond donors (Lipinski definition) is 0. The van der Waals surface area contributed by atoms with Gasteiger partial charge in [-0.05, 0) is 28.7 Å². The summed E-state index contributed by atoms with van der Waals surface area (Å²) >= 11 is 0. The van der Waals surface area contributed by atoms with E-state index in [-0.39, 0.29) is 33.6 Å². The van der Waals surface area contributed by atoms with E-state index in [4.69, 9.17) is 0 Å². The molecule has 0 aliphatic rings. The minimum Gasteiger partial charge on any atom is -0.305 e. The summed E-state index contributed by atoms with van der Waals surface area (Å²) in [7, 11) is 0. The minimum absolute atomic E-state index is 0. The van der Waals surface area contributed by atoms with Crippen molar-refractivity contribution in [1.29, 1.82) is 0 Å².